The topological polar surface area (TPSA) is 12.5 Å². The molecule has 0 saturated carbocycles. The average Bonchev–Trinajstić information content (AvgIpc) is 2.52. The minimum absolute atomic E-state index is 0.755. The summed E-state index contributed by atoms with van der Waals surface area (Å²) >= 11 is 0. The number of fused-ring (bicyclic) bond motifs is 1. The van der Waals surface area contributed by atoms with Crippen LogP contribution in [0.3, 0.4) is 0 Å². The minimum Gasteiger partial charge on any atom is -0.497 e. The number of benzene rings is 1. The van der Waals surface area contributed by atoms with Gasteiger partial charge < -0.3 is 4.74 Å². The molecule has 2 nitrogen and oxygen atoms in total. The van der Waals surface area contributed by atoms with Gasteiger partial charge in [-0.15, -0.1) is 6.42 Å². The molecular formula is C14H17NO. The second-order valence-electron chi connectivity index (χ2n) is 4.11. The summed E-state index contributed by atoms with van der Waals surface area (Å²) in [7, 11) is 1.71. The first-order valence-corrected chi connectivity index (χ1v) is 5.65. The molecular weight excluding hydrogens is 198 g/mol. The summed E-state index contributed by atoms with van der Waals surface area (Å²) in [6, 6.07) is 6.36. The number of hydrogen-bond acceptors (Lipinski definition) is 2. The number of terminal acetylenes is 1. The van der Waals surface area contributed by atoms with E-state index in [0.717, 1.165) is 38.2 Å². The predicted octanol–water partition coefficient (Wildman–Crippen LogP) is 1.73. The minimum atomic E-state index is 0.755. The standard InChI is InChI=1S/C14H17NO/c1-3-8-15-9-6-12-4-5-14(16-2)11-13(12)7-10-15/h1,4-5,11H,6-10H2,2H3. The van der Waals surface area contributed by atoms with E-state index in [9.17, 15) is 0 Å². The van der Waals surface area contributed by atoms with E-state index >= 15 is 0 Å². The van der Waals surface area contributed by atoms with Crippen molar-refractivity contribution in [1.82, 2.24) is 4.90 Å². The Hall–Kier alpha value is -1.46. The van der Waals surface area contributed by atoms with Crippen molar-refractivity contribution in [3.8, 4) is 18.1 Å². The highest BCUT2D eigenvalue weighted by molar-refractivity contribution is 5.36. The van der Waals surface area contributed by atoms with Crippen LogP contribution in [0.2, 0.25) is 0 Å². The highest BCUT2D eigenvalue weighted by Crippen LogP contribution is 2.21. The van der Waals surface area contributed by atoms with Crippen molar-refractivity contribution < 1.29 is 4.74 Å². The van der Waals surface area contributed by atoms with E-state index in [2.05, 4.69) is 23.0 Å². The normalized spacial score (nSPS) is 16.0. The third-order valence-corrected chi connectivity index (χ3v) is 3.12. The lowest BCUT2D eigenvalue weighted by molar-refractivity contribution is 0.323. The molecule has 1 aromatic rings. The largest absolute Gasteiger partial charge is 0.497 e. The van der Waals surface area contributed by atoms with Crippen LogP contribution in [0.25, 0.3) is 0 Å². The molecule has 1 aliphatic heterocycles. The van der Waals surface area contributed by atoms with Gasteiger partial charge in [-0.2, -0.15) is 0 Å². The van der Waals surface area contributed by atoms with Crippen molar-refractivity contribution in [3.63, 3.8) is 0 Å². The van der Waals surface area contributed by atoms with E-state index in [4.69, 9.17) is 11.2 Å². The quantitative estimate of drug-likeness (QED) is 0.697. The molecule has 0 bridgehead atoms. The number of nitrogens with zero attached hydrogens (tertiary/aromatic N) is 1. The van der Waals surface area contributed by atoms with Gasteiger partial charge in [-0.3, -0.25) is 4.90 Å². The summed E-state index contributed by atoms with van der Waals surface area (Å²) in [6.07, 6.45) is 7.50. The van der Waals surface area contributed by atoms with Crippen molar-refractivity contribution in [1.29, 1.82) is 0 Å². The van der Waals surface area contributed by atoms with Crippen molar-refractivity contribution in [3.05, 3.63) is 29.3 Å². The summed E-state index contributed by atoms with van der Waals surface area (Å²) < 4.78 is 5.25. The molecule has 1 heterocycles. The van der Waals surface area contributed by atoms with Gasteiger partial charge >= 0.3 is 0 Å². The van der Waals surface area contributed by atoms with E-state index < -0.39 is 0 Å². The lowest BCUT2D eigenvalue weighted by Crippen LogP contribution is -2.26. The Labute approximate surface area is 97.2 Å². The molecule has 0 radical (unpaired) electrons. The number of methoxy groups -OCH3 is 1. The first-order chi connectivity index (χ1) is 7.83. The Morgan fingerprint density at radius 3 is 2.75 bits per heavy atom. The molecule has 1 aromatic carbocycles. The van der Waals surface area contributed by atoms with Gasteiger partial charge in [0.25, 0.3) is 0 Å². The number of rotatable bonds is 2. The second kappa shape index (κ2) is 5.05. The lowest BCUT2D eigenvalue weighted by atomic mass is 10.0. The SMILES string of the molecule is C#CCN1CCc2ccc(OC)cc2CC1. The zero-order chi connectivity index (χ0) is 11.4. The fraction of sp³-hybridized carbons (Fsp3) is 0.429. The predicted molar refractivity (Wildman–Crippen MR) is 65.7 cm³/mol. The van der Waals surface area contributed by atoms with Gasteiger partial charge in [-0.05, 0) is 36.1 Å². The summed E-state index contributed by atoms with van der Waals surface area (Å²) in [5.74, 6) is 3.66. The Balaban J connectivity index is 2.15. The summed E-state index contributed by atoms with van der Waals surface area (Å²) in [6.45, 7) is 2.86. The fourth-order valence-electron chi connectivity index (χ4n) is 2.16. The number of ether oxygens (including phenoxy) is 1. The van der Waals surface area contributed by atoms with Crippen LogP contribution in [-0.4, -0.2) is 31.6 Å². The lowest BCUT2D eigenvalue weighted by Gasteiger charge is -2.15. The Kier molecular flexibility index (Phi) is 3.48. The maximum Gasteiger partial charge on any atom is 0.119 e. The third-order valence-electron chi connectivity index (χ3n) is 3.12. The van der Waals surface area contributed by atoms with E-state index in [0.29, 0.717) is 0 Å². The van der Waals surface area contributed by atoms with Crippen molar-refractivity contribution >= 4 is 0 Å². The van der Waals surface area contributed by atoms with Gasteiger partial charge in [0, 0.05) is 13.1 Å². The summed E-state index contributed by atoms with van der Waals surface area (Å²) in [5, 5.41) is 0. The summed E-state index contributed by atoms with van der Waals surface area (Å²) in [4.78, 5) is 2.33. The van der Waals surface area contributed by atoms with Crippen LogP contribution in [0.15, 0.2) is 18.2 Å². The molecule has 0 amide bonds. The van der Waals surface area contributed by atoms with Crippen LogP contribution < -0.4 is 4.74 Å². The Morgan fingerprint density at radius 1 is 1.31 bits per heavy atom. The van der Waals surface area contributed by atoms with Gasteiger partial charge in [-0.1, -0.05) is 12.0 Å². The zero-order valence-electron chi connectivity index (χ0n) is 9.70. The monoisotopic (exact) mass is 215 g/mol. The Morgan fingerprint density at radius 2 is 2.06 bits per heavy atom. The molecule has 0 spiro atoms. The van der Waals surface area contributed by atoms with Gasteiger partial charge in [-0.25, -0.2) is 0 Å². The molecule has 2 rings (SSSR count). The van der Waals surface area contributed by atoms with Crippen molar-refractivity contribution in [2.24, 2.45) is 0 Å². The molecule has 0 atom stereocenters. The molecule has 0 N–H and O–H groups in total. The van der Waals surface area contributed by atoms with E-state index in [1.807, 2.05) is 6.07 Å². The van der Waals surface area contributed by atoms with Crippen LogP contribution in [0.1, 0.15) is 11.1 Å². The third kappa shape index (κ3) is 2.37. The van der Waals surface area contributed by atoms with E-state index in [1.54, 1.807) is 7.11 Å². The maximum atomic E-state index is 5.35. The maximum absolute atomic E-state index is 5.35. The van der Waals surface area contributed by atoms with Gasteiger partial charge in [0.2, 0.25) is 0 Å². The van der Waals surface area contributed by atoms with E-state index in [-0.39, 0.29) is 0 Å². The van der Waals surface area contributed by atoms with Gasteiger partial charge in [0.05, 0.1) is 13.7 Å². The molecule has 0 saturated heterocycles. The fourth-order valence-corrected chi connectivity index (χ4v) is 2.16. The Bertz CT molecular complexity index is 406. The molecule has 16 heavy (non-hydrogen) atoms. The number of hydrogen-bond donors (Lipinski definition) is 0. The average molecular weight is 215 g/mol. The molecule has 1 aliphatic rings. The molecule has 0 fully saturated rings. The first kappa shape index (κ1) is 11.0. The highest BCUT2D eigenvalue weighted by atomic mass is 16.5. The highest BCUT2D eigenvalue weighted by Gasteiger charge is 2.13. The van der Waals surface area contributed by atoms with Crippen LogP contribution >= 0.6 is 0 Å². The molecule has 0 unspecified atom stereocenters. The second-order valence-corrected chi connectivity index (χ2v) is 4.11. The first-order valence-electron chi connectivity index (χ1n) is 5.65. The van der Waals surface area contributed by atoms with Crippen LogP contribution in [-0.2, 0) is 12.8 Å². The van der Waals surface area contributed by atoms with Crippen LogP contribution in [0.4, 0.5) is 0 Å². The van der Waals surface area contributed by atoms with Crippen LogP contribution in [0, 0.1) is 12.3 Å². The van der Waals surface area contributed by atoms with Crippen molar-refractivity contribution in [2.75, 3.05) is 26.7 Å². The van der Waals surface area contributed by atoms with Crippen LogP contribution in [0.5, 0.6) is 5.75 Å². The molecule has 0 aliphatic carbocycles. The molecule has 2 heteroatoms. The summed E-state index contributed by atoms with van der Waals surface area (Å²) in [5.41, 5.74) is 2.83. The smallest absolute Gasteiger partial charge is 0.119 e. The van der Waals surface area contributed by atoms with Gasteiger partial charge in [0.1, 0.15) is 5.75 Å². The zero-order valence-corrected chi connectivity index (χ0v) is 9.70. The van der Waals surface area contributed by atoms with Gasteiger partial charge in [0.15, 0.2) is 0 Å². The van der Waals surface area contributed by atoms with E-state index in [1.165, 1.54) is 11.1 Å². The molecule has 0 aromatic heterocycles. The molecule has 84 valence electrons. The van der Waals surface area contributed by atoms with Crippen molar-refractivity contribution in [2.45, 2.75) is 12.8 Å².